The summed E-state index contributed by atoms with van der Waals surface area (Å²) in [4.78, 5) is 15.5. The van der Waals surface area contributed by atoms with Crippen molar-refractivity contribution in [3.05, 3.63) is 35.5 Å². The predicted octanol–water partition coefficient (Wildman–Crippen LogP) is 3.67. The van der Waals surface area contributed by atoms with Crippen molar-refractivity contribution in [2.45, 2.75) is 45.4 Å². The summed E-state index contributed by atoms with van der Waals surface area (Å²) in [5.41, 5.74) is 5.52. The summed E-state index contributed by atoms with van der Waals surface area (Å²) in [7, 11) is 1.48. The van der Waals surface area contributed by atoms with Crippen molar-refractivity contribution in [3.8, 4) is 0 Å². The Kier molecular flexibility index (Phi) is 4.14. The molecule has 0 radical (unpaired) electrons. The highest BCUT2D eigenvalue weighted by Gasteiger charge is 2.47. The van der Waals surface area contributed by atoms with Gasteiger partial charge >= 0.3 is 5.97 Å². The van der Waals surface area contributed by atoms with Gasteiger partial charge in [0.15, 0.2) is 0 Å². The van der Waals surface area contributed by atoms with Crippen LogP contribution >= 0.6 is 0 Å². The maximum absolute atomic E-state index is 11.8. The van der Waals surface area contributed by atoms with E-state index in [1.807, 2.05) is 0 Å². The summed E-state index contributed by atoms with van der Waals surface area (Å²) in [5, 5.41) is 1.35. The van der Waals surface area contributed by atoms with Crippen LogP contribution in [0.5, 0.6) is 0 Å². The van der Waals surface area contributed by atoms with E-state index in [9.17, 15) is 4.79 Å². The number of methoxy groups -OCH3 is 1. The van der Waals surface area contributed by atoms with Gasteiger partial charge in [-0.2, -0.15) is 0 Å². The van der Waals surface area contributed by atoms with Crippen molar-refractivity contribution in [1.29, 1.82) is 0 Å². The number of H-pyrrole nitrogens is 1. The highest BCUT2D eigenvalue weighted by molar-refractivity contribution is 6.06. The van der Waals surface area contributed by atoms with Gasteiger partial charge in [0.25, 0.3) is 0 Å². The number of nitrogens with one attached hydrogen (secondary N) is 1. The maximum Gasteiger partial charge on any atom is 0.305 e. The van der Waals surface area contributed by atoms with Crippen LogP contribution in [0.25, 0.3) is 10.9 Å². The third kappa shape index (κ3) is 2.59. The first kappa shape index (κ1) is 16.4. The molecular weight excluding hydrogens is 312 g/mol. The van der Waals surface area contributed by atoms with Crippen LogP contribution in [0.2, 0.25) is 0 Å². The Morgan fingerprint density at radius 2 is 2.16 bits per heavy atom. The van der Waals surface area contributed by atoms with Crippen LogP contribution in [0.3, 0.4) is 0 Å². The molecule has 2 aromatic rings. The Hall–Kier alpha value is -2.10. The lowest BCUT2D eigenvalue weighted by atomic mass is 9.68. The van der Waals surface area contributed by atoms with Gasteiger partial charge in [0.05, 0.1) is 12.5 Å². The number of nitrogens with zero attached hydrogens (tertiary/aromatic N) is 1. The fourth-order valence-electron chi connectivity index (χ4n) is 4.94. The molecule has 4 heteroatoms. The lowest BCUT2D eigenvalue weighted by Gasteiger charge is -2.37. The van der Waals surface area contributed by atoms with Gasteiger partial charge in [-0.25, -0.2) is 4.58 Å². The number of ether oxygens (including phenoxy) is 1. The number of hydrogen-bond acceptors (Lipinski definition) is 2. The van der Waals surface area contributed by atoms with E-state index in [1.54, 1.807) is 0 Å². The molecule has 0 fully saturated rings. The number of carbonyl (C=O) groups is 1. The number of aromatic nitrogens is 1. The number of esters is 1. The van der Waals surface area contributed by atoms with E-state index in [-0.39, 0.29) is 11.4 Å². The molecule has 0 saturated heterocycles. The Bertz CT molecular complexity index is 849. The van der Waals surface area contributed by atoms with E-state index in [0.29, 0.717) is 6.42 Å². The van der Waals surface area contributed by atoms with Crippen molar-refractivity contribution in [1.82, 2.24) is 4.98 Å². The monoisotopic (exact) mass is 339 g/mol. The Labute approximate surface area is 148 Å². The Balaban J connectivity index is 1.83. The molecule has 0 spiro atoms. The molecule has 4 nitrogen and oxygen atoms in total. The van der Waals surface area contributed by atoms with E-state index < -0.39 is 0 Å². The predicted molar refractivity (Wildman–Crippen MR) is 99.3 cm³/mol. The molecule has 1 aromatic carbocycles. The molecule has 0 amide bonds. The molecule has 0 saturated carbocycles. The van der Waals surface area contributed by atoms with Crippen LogP contribution in [0.15, 0.2) is 24.3 Å². The first-order chi connectivity index (χ1) is 12.2. The van der Waals surface area contributed by atoms with Gasteiger partial charge in [-0.3, -0.25) is 4.79 Å². The van der Waals surface area contributed by atoms with E-state index in [0.717, 1.165) is 38.8 Å². The first-order valence-corrected chi connectivity index (χ1v) is 9.47. The topological polar surface area (TPSA) is 45.1 Å². The zero-order valence-electron chi connectivity index (χ0n) is 15.2. The normalized spacial score (nSPS) is 22.6. The van der Waals surface area contributed by atoms with Gasteiger partial charge in [-0.1, -0.05) is 25.1 Å². The summed E-state index contributed by atoms with van der Waals surface area (Å²) in [6, 6.07) is 8.62. The molecule has 1 unspecified atom stereocenters. The average molecular weight is 339 g/mol. The minimum absolute atomic E-state index is 0.0719. The third-order valence-corrected chi connectivity index (χ3v) is 6.30. The summed E-state index contributed by atoms with van der Waals surface area (Å²) >= 11 is 0. The number of rotatable bonds is 4. The Morgan fingerprint density at radius 1 is 1.32 bits per heavy atom. The van der Waals surface area contributed by atoms with Crippen molar-refractivity contribution < 1.29 is 14.1 Å². The lowest BCUT2D eigenvalue weighted by molar-refractivity contribution is -0.538. The molecule has 1 N–H and O–H groups in total. The SMILES string of the molecule is CCC1(CCC(=O)OC)CCC[N+]2=C1c1[nH]c3ccccc3c1CC2. The maximum atomic E-state index is 11.8. The average Bonchev–Trinajstić information content (AvgIpc) is 3.04. The van der Waals surface area contributed by atoms with Crippen LogP contribution in [0, 0.1) is 5.41 Å². The molecule has 0 bridgehead atoms. The largest absolute Gasteiger partial charge is 0.469 e. The van der Waals surface area contributed by atoms with Gasteiger partial charge in [0.2, 0.25) is 5.71 Å². The van der Waals surface area contributed by atoms with Crippen LogP contribution in [-0.2, 0) is 16.0 Å². The van der Waals surface area contributed by atoms with E-state index >= 15 is 0 Å². The molecule has 132 valence electrons. The van der Waals surface area contributed by atoms with Crippen LogP contribution in [-0.4, -0.2) is 41.4 Å². The van der Waals surface area contributed by atoms with Gasteiger partial charge in [0.1, 0.15) is 18.8 Å². The summed E-state index contributed by atoms with van der Waals surface area (Å²) in [5.74, 6) is -0.0989. The van der Waals surface area contributed by atoms with Gasteiger partial charge in [-0.15, -0.1) is 0 Å². The van der Waals surface area contributed by atoms with Crippen molar-refractivity contribution in [2.24, 2.45) is 5.41 Å². The first-order valence-electron chi connectivity index (χ1n) is 9.47. The minimum Gasteiger partial charge on any atom is -0.469 e. The van der Waals surface area contributed by atoms with Crippen molar-refractivity contribution in [2.75, 3.05) is 20.2 Å². The van der Waals surface area contributed by atoms with Gasteiger partial charge < -0.3 is 9.72 Å². The van der Waals surface area contributed by atoms with Crippen molar-refractivity contribution in [3.63, 3.8) is 0 Å². The molecule has 1 atom stereocenters. The molecule has 25 heavy (non-hydrogen) atoms. The number of benzene rings is 1. The smallest absolute Gasteiger partial charge is 0.305 e. The molecule has 2 aliphatic rings. The molecular formula is C21H27N2O2+. The molecule has 2 aliphatic heterocycles. The minimum atomic E-state index is -0.0989. The van der Waals surface area contributed by atoms with Gasteiger partial charge in [-0.05, 0) is 30.9 Å². The van der Waals surface area contributed by atoms with Crippen LogP contribution in [0.1, 0.15) is 50.3 Å². The zero-order valence-corrected chi connectivity index (χ0v) is 15.2. The number of hydrogen-bond donors (Lipinski definition) is 1. The highest BCUT2D eigenvalue weighted by atomic mass is 16.5. The summed E-state index contributed by atoms with van der Waals surface area (Å²) in [6.07, 6.45) is 5.88. The third-order valence-electron chi connectivity index (χ3n) is 6.30. The molecule has 4 rings (SSSR count). The van der Waals surface area contributed by atoms with E-state index in [1.165, 1.54) is 41.4 Å². The molecule has 1 aromatic heterocycles. The lowest BCUT2D eigenvalue weighted by Crippen LogP contribution is -2.46. The second-order valence-electron chi connectivity index (χ2n) is 7.42. The zero-order chi connectivity index (χ0) is 17.4. The number of carbonyl (C=O) groups excluding carboxylic acids is 1. The number of fused-ring (bicyclic) bond motifs is 4. The fraction of sp³-hybridized carbons (Fsp3) is 0.524. The van der Waals surface area contributed by atoms with E-state index in [4.69, 9.17) is 4.74 Å². The second kappa shape index (κ2) is 6.32. The van der Waals surface area contributed by atoms with Crippen molar-refractivity contribution >= 4 is 22.6 Å². The quantitative estimate of drug-likeness (QED) is 0.682. The molecule has 3 heterocycles. The number of aromatic amines is 1. The summed E-state index contributed by atoms with van der Waals surface area (Å²) in [6.45, 7) is 4.49. The Morgan fingerprint density at radius 3 is 2.96 bits per heavy atom. The summed E-state index contributed by atoms with van der Waals surface area (Å²) < 4.78 is 7.49. The standard InChI is InChI=1S/C21H26N2O2/c1-3-21(12-9-18(24)25-2)11-6-13-23-14-10-16-15-7-4-5-8-17(15)22-19(16)20(21)23/h4-5,7-8H,3,6,9-14H2,1-2H3/p+1. The fourth-order valence-corrected chi connectivity index (χ4v) is 4.94. The van der Waals surface area contributed by atoms with Gasteiger partial charge in [0, 0.05) is 30.2 Å². The second-order valence-corrected chi connectivity index (χ2v) is 7.42. The highest BCUT2D eigenvalue weighted by Crippen LogP contribution is 2.43. The number of para-hydroxylation sites is 1. The van der Waals surface area contributed by atoms with Crippen LogP contribution < -0.4 is 0 Å². The molecule has 0 aliphatic carbocycles. The van der Waals surface area contributed by atoms with Crippen LogP contribution in [0.4, 0.5) is 0 Å². The van der Waals surface area contributed by atoms with E-state index in [2.05, 4.69) is 40.7 Å².